The normalized spacial score (nSPS) is 11.6. The van der Waals surface area contributed by atoms with E-state index in [2.05, 4.69) is 303 Å². The molecule has 0 saturated carbocycles. The summed E-state index contributed by atoms with van der Waals surface area (Å²) >= 11 is 0. The van der Waals surface area contributed by atoms with E-state index < -0.39 is 15.6 Å². The highest BCUT2D eigenvalue weighted by Gasteiger charge is 2.49. The van der Waals surface area contributed by atoms with E-state index >= 15 is 0 Å². The number of nitrogens with zero attached hydrogens (tertiary/aromatic N) is 1. The maximum Gasteiger partial charge on any atom is 0.534 e. The number of hydrogen-bond acceptors (Lipinski definition) is 9. The number of furan rings is 4. The Kier molecular flexibility index (Phi) is 19.4. The zero-order valence-corrected chi connectivity index (χ0v) is 62.6. The maximum atomic E-state index is 12.5. The standard InChI is InChI=1S/C50H31NO2.C36H23NO2.C15H9F3O3S.CH4.B2.9H2/c1-2-12-38-32(10-1)22-23-35-11-7-19-45(48(35)38)51(36-28-24-33(25-29-36)39-15-8-17-43-41-13-3-5-20-46(41)52-49(39)43)37-30-26-34(27-31-37)40-16-9-18-44-42-14-4-6-21-47(42)53-50(40)44;1-3-13-33-29(7-1)31-11-5-9-27(35(31)38-33)23-15-19-25(20-16-23)37-26-21-17-24(18-22-26)28-10-6-12-32-30-8-2-4-14-34(30)39-36(28)32;16-15(17,18)22(19,20)21-13-7-3-5-11-9-8-10-4-1-2-6-12(10)14(11)13;;1-2;;;;;;;;;/h1-31H;1-22,37H;1-9H;1H4;;9*1H. The van der Waals surface area contributed by atoms with E-state index in [1.165, 1.54) is 33.7 Å². The van der Waals surface area contributed by atoms with Crippen LogP contribution in [0.2, 0.25) is 0 Å². The Hall–Kier alpha value is -14.5. The summed E-state index contributed by atoms with van der Waals surface area (Å²) in [6.45, 7) is 0. The van der Waals surface area contributed by atoms with Gasteiger partial charge in [0.1, 0.15) is 44.7 Å². The predicted octanol–water partition coefficient (Wildman–Crippen LogP) is 31.5. The molecule has 578 valence electrons. The van der Waals surface area contributed by atoms with Crippen LogP contribution in [0.25, 0.3) is 175 Å². The fourth-order valence-corrected chi connectivity index (χ4v) is 16.5. The Balaban J connectivity index is 0.000000218. The van der Waals surface area contributed by atoms with Gasteiger partial charge in [0.25, 0.3) is 0 Å². The largest absolute Gasteiger partial charge is 0.534 e. The maximum absolute atomic E-state index is 12.5. The number of hydrogen-bond donors (Lipinski definition) is 1. The molecule has 0 spiro atoms. The van der Waals surface area contributed by atoms with Gasteiger partial charge >= 0.3 is 15.6 Å². The molecule has 15 heteroatoms. The highest BCUT2D eigenvalue weighted by Crippen LogP contribution is 2.47. The minimum atomic E-state index is -5.71. The molecule has 0 saturated heterocycles. The SMILES string of the molecule is C.O=S(=O)(Oc1cccc2ccc3ccccc3c12)C(F)(F)F.[B][B].[HH].[HH].[HH].[HH].[HH].[HH].[HH].[HH].[HH].c1ccc2c(c1)ccc1cccc(N(c3ccc(-c4cccc5c4oc4ccccc45)cc3)c3ccc(-c4cccc5c4oc4ccccc45)cc3)c12.c1ccc2c(c1)oc1c(-c3ccc(Nc4ccc(-c5cccc6c5oc5ccccc56)cc4)cc3)cccc12. The molecule has 0 fully saturated rings. The molecular weight excluding hydrogens is 1480 g/mol. The molecule has 0 amide bonds. The zero-order chi connectivity index (χ0) is 78.6. The van der Waals surface area contributed by atoms with Crippen LogP contribution < -0.4 is 14.4 Å². The molecule has 0 aliphatic heterocycles. The van der Waals surface area contributed by atoms with Crippen LogP contribution in [0, 0.1) is 0 Å². The molecule has 22 aromatic rings. The van der Waals surface area contributed by atoms with Crippen molar-refractivity contribution >= 4 is 185 Å². The first-order chi connectivity index (χ1) is 56.9. The molecule has 9 nitrogen and oxygen atoms in total. The van der Waals surface area contributed by atoms with E-state index in [0.717, 1.165) is 166 Å². The van der Waals surface area contributed by atoms with Crippen molar-refractivity contribution < 1.29 is 56.3 Å². The van der Waals surface area contributed by atoms with Gasteiger partial charge in [0.2, 0.25) is 0 Å². The smallest absolute Gasteiger partial charge is 0.455 e. The Labute approximate surface area is 686 Å². The lowest BCUT2D eigenvalue weighted by Gasteiger charge is -2.28. The van der Waals surface area contributed by atoms with Crippen LogP contribution in [0.4, 0.5) is 41.6 Å². The van der Waals surface area contributed by atoms with Crippen molar-refractivity contribution in [3.05, 3.63) is 376 Å². The van der Waals surface area contributed by atoms with Crippen LogP contribution in [0.5, 0.6) is 5.75 Å². The molecule has 0 aliphatic carbocycles. The summed E-state index contributed by atoms with van der Waals surface area (Å²) in [5, 5.41) is 19.8. The summed E-state index contributed by atoms with van der Waals surface area (Å²) in [5.74, 6) is -0.341. The molecule has 0 aliphatic rings. The minimum Gasteiger partial charge on any atom is -0.455 e. The molecule has 0 unspecified atom stereocenters. The summed E-state index contributed by atoms with van der Waals surface area (Å²) in [6.07, 6.45) is 0. The van der Waals surface area contributed by atoms with Gasteiger partial charge in [-0.05, 0) is 140 Å². The van der Waals surface area contributed by atoms with E-state index in [-0.39, 0.29) is 26.0 Å². The van der Waals surface area contributed by atoms with Gasteiger partial charge in [-0.2, -0.15) is 21.6 Å². The number of anilines is 5. The van der Waals surface area contributed by atoms with E-state index in [1.807, 2.05) is 48.5 Å². The first-order valence-corrected chi connectivity index (χ1v) is 39.1. The van der Waals surface area contributed by atoms with Gasteiger partial charge in [-0.3, -0.25) is 0 Å². The Morgan fingerprint density at radius 2 is 0.581 bits per heavy atom. The first-order valence-electron chi connectivity index (χ1n) is 37.6. The third kappa shape index (κ3) is 13.6. The van der Waals surface area contributed by atoms with E-state index in [4.69, 9.17) is 17.7 Å². The lowest BCUT2D eigenvalue weighted by molar-refractivity contribution is -0.0499. The molecule has 22 rings (SSSR count). The summed E-state index contributed by atoms with van der Waals surface area (Å²) in [6, 6.07) is 128. The van der Waals surface area contributed by atoms with Crippen molar-refractivity contribution in [1.82, 2.24) is 0 Å². The first kappa shape index (κ1) is 73.9. The Bertz CT molecular complexity index is 7370. The second kappa shape index (κ2) is 30.8. The van der Waals surface area contributed by atoms with E-state index in [1.54, 1.807) is 42.5 Å². The molecule has 18 aromatic carbocycles. The summed E-state index contributed by atoms with van der Waals surface area (Å²) in [7, 11) is 2.29. The van der Waals surface area contributed by atoms with Gasteiger partial charge in [0.15, 0.2) is 5.75 Å². The third-order valence-corrected chi connectivity index (χ3v) is 22.3. The molecule has 117 heavy (non-hydrogen) atoms. The van der Waals surface area contributed by atoms with Gasteiger partial charge in [0, 0.05) is 127 Å². The van der Waals surface area contributed by atoms with Gasteiger partial charge in [-0.15, -0.1) is 0 Å². The second-order valence-corrected chi connectivity index (χ2v) is 29.7. The summed E-state index contributed by atoms with van der Waals surface area (Å²) in [5.41, 5.74) is 16.0. The van der Waals surface area contributed by atoms with Gasteiger partial charge in [-0.25, -0.2) is 0 Å². The lowest BCUT2D eigenvalue weighted by Crippen LogP contribution is -2.28. The molecule has 0 bridgehead atoms. The van der Waals surface area contributed by atoms with E-state index in [9.17, 15) is 21.6 Å². The zero-order valence-electron chi connectivity index (χ0n) is 61.8. The van der Waals surface area contributed by atoms with Crippen molar-refractivity contribution in [3.8, 4) is 50.3 Å². The molecule has 0 atom stereocenters. The highest BCUT2D eigenvalue weighted by atomic mass is 32.2. The second-order valence-electron chi connectivity index (χ2n) is 28.1. The van der Waals surface area contributed by atoms with Crippen LogP contribution in [0.15, 0.2) is 394 Å². The molecule has 1 N–H and O–H groups in total. The van der Waals surface area contributed by atoms with Gasteiger partial charge in [0.05, 0.1) is 5.69 Å². The number of rotatable bonds is 11. The lowest BCUT2D eigenvalue weighted by atomic mass is 9.81. The number of alkyl halides is 3. The van der Waals surface area contributed by atoms with Crippen LogP contribution in [-0.2, 0) is 10.1 Å². The third-order valence-electron chi connectivity index (χ3n) is 21.4. The van der Waals surface area contributed by atoms with Crippen LogP contribution in [0.3, 0.4) is 0 Å². The van der Waals surface area contributed by atoms with Gasteiger partial charge in [-0.1, -0.05) is 299 Å². The van der Waals surface area contributed by atoms with Crippen LogP contribution >= 0.6 is 0 Å². The number of para-hydroxylation sites is 8. The average Bonchev–Trinajstić information content (AvgIpc) is 0.879. The fourth-order valence-electron chi connectivity index (χ4n) is 16.0. The fraction of sp³-hybridized carbons (Fsp3) is 0.0196. The minimum absolute atomic E-state index is 0. The average molecular weight is 1560 g/mol. The predicted molar refractivity (Wildman–Crippen MR) is 497 cm³/mol. The Morgan fingerprint density at radius 1 is 0.299 bits per heavy atom. The molecule has 4 aromatic heterocycles. The van der Waals surface area contributed by atoms with Crippen molar-refractivity contribution in [3.63, 3.8) is 0 Å². The number of halogens is 3. The summed E-state index contributed by atoms with van der Waals surface area (Å²) < 4.78 is 89.7. The van der Waals surface area contributed by atoms with Gasteiger partial charge < -0.3 is 32.1 Å². The topological polar surface area (TPSA) is 111 Å². The van der Waals surface area contributed by atoms with Crippen LogP contribution in [0.1, 0.15) is 20.3 Å². The van der Waals surface area contributed by atoms with Crippen molar-refractivity contribution in [2.75, 3.05) is 10.2 Å². The monoisotopic (exact) mass is 1560 g/mol. The number of fused-ring (bicyclic) bond motifs is 18. The highest BCUT2D eigenvalue weighted by molar-refractivity contribution is 7.88. The van der Waals surface area contributed by atoms with Crippen molar-refractivity contribution in [1.29, 1.82) is 0 Å². The molecular formula is C102H85B2F3N2O7S. The van der Waals surface area contributed by atoms with Crippen LogP contribution in [-0.4, -0.2) is 29.4 Å². The summed E-state index contributed by atoms with van der Waals surface area (Å²) in [4.78, 5) is 2.38. The quantitative estimate of drug-likeness (QED) is 0.0586. The van der Waals surface area contributed by atoms with E-state index in [0.29, 0.717) is 16.2 Å². The molecule has 4 heterocycles. The van der Waals surface area contributed by atoms with Crippen molar-refractivity contribution in [2.24, 2.45) is 0 Å². The number of benzene rings is 18. The van der Waals surface area contributed by atoms with Crippen molar-refractivity contribution in [2.45, 2.75) is 12.9 Å². The Morgan fingerprint density at radius 3 is 0.949 bits per heavy atom. The number of nitrogens with one attached hydrogen (secondary N) is 1. The molecule has 4 radical (unpaired) electrons.